The predicted molar refractivity (Wildman–Crippen MR) is 106 cm³/mol. The van der Waals surface area contributed by atoms with Crippen LogP contribution in [0.25, 0.3) is 0 Å². The van der Waals surface area contributed by atoms with E-state index in [1.54, 1.807) is 12.1 Å². The lowest BCUT2D eigenvalue weighted by atomic mass is 10.0. The molecule has 3 rings (SSSR count). The van der Waals surface area contributed by atoms with Crippen molar-refractivity contribution in [3.8, 4) is 5.75 Å². The Balaban J connectivity index is 1.72. The second kappa shape index (κ2) is 8.01. The van der Waals surface area contributed by atoms with Gasteiger partial charge in [0.25, 0.3) is 0 Å². The summed E-state index contributed by atoms with van der Waals surface area (Å²) < 4.78 is 11.7. The fourth-order valence-electron chi connectivity index (χ4n) is 2.84. The van der Waals surface area contributed by atoms with E-state index < -0.39 is 6.23 Å². The molecule has 0 bridgehead atoms. The van der Waals surface area contributed by atoms with Crippen molar-refractivity contribution >= 4 is 23.4 Å². The molecule has 2 aromatic carbocycles. The fourth-order valence-corrected chi connectivity index (χ4v) is 3.07. The fraction of sp³-hybridized carbons (Fsp3) is 0.333. The van der Waals surface area contributed by atoms with Crippen LogP contribution in [0.5, 0.6) is 5.75 Å². The first kappa shape index (κ1) is 19.2. The van der Waals surface area contributed by atoms with E-state index in [9.17, 15) is 4.79 Å². The van der Waals surface area contributed by atoms with E-state index in [2.05, 4.69) is 18.9 Å². The van der Waals surface area contributed by atoms with Gasteiger partial charge in [0.2, 0.25) is 18.0 Å². The van der Waals surface area contributed by atoms with E-state index in [0.29, 0.717) is 22.6 Å². The first-order valence-corrected chi connectivity index (χ1v) is 9.25. The van der Waals surface area contributed by atoms with Crippen molar-refractivity contribution in [1.82, 2.24) is 5.01 Å². The van der Waals surface area contributed by atoms with E-state index in [0.717, 1.165) is 11.1 Å². The number of rotatable bonds is 5. The summed E-state index contributed by atoms with van der Waals surface area (Å²) in [7, 11) is 0. The number of benzene rings is 2. The summed E-state index contributed by atoms with van der Waals surface area (Å²) in [5.74, 6) is 1.31. The lowest BCUT2D eigenvalue weighted by molar-refractivity contribution is -0.135. The van der Waals surface area contributed by atoms with Crippen LogP contribution in [-0.4, -0.2) is 23.4 Å². The Bertz CT molecular complexity index is 862. The molecule has 2 aromatic rings. The van der Waals surface area contributed by atoms with Crippen LogP contribution in [0.15, 0.2) is 47.6 Å². The number of carbonyl (C=O) groups is 1. The van der Waals surface area contributed by atoms with Gasteiger partial charge in [0.1, 0.15) is 5.75 Å². The van der Waals surface area contributed by atoms with Gasteiger partial charge in [0.15, 0.2) is 6.61 Å². The molecule has 6 heteroatoms. The molecule has 1 atom stereocenters. The van der Waals surface area contributed by atoms with Gasteiger partial charge in [-0.3, -0.25) is 4.79 Å². The molecule has 0 saturated heterocycles. The molecular formula is C21H23ClN2O3. The number of halogens is 1. The van der Waals surface area contributed by atoms with E-state index in [1.807, 2.05) is 37.3 Å². The summed E-state index contributed by atoms with van der Waals surface area (Å²) in [6, 6.07) is 13.4. The number of aryl methyl sites for hydroxylation is 1. The number of amides is 1. The van der Waals surface area contributed by atoms with Crippen LogP contribution in [0.4, 0.5) is 0 Å². The lowest BCUT2D eigenvalue weighted by Crippen LogP contribution is -2.25. The van der Waals surface area contributed by atoms with Gasteiger partial charge in [-0.2, -0.15) is 5.01 Å². The minimum atomic E-state index is -0.575. The topological polar surface area (TPSA) is 51.1 Å². The normalized spacial score (nSPS) is 16.3. The van der Waals surface area contributed by atoms with Crippen LogP contribution in [0, 0.1) is 6.92 Å². The third-order valence-electron chi connectivity index (χ3n) is 4.39. The Labute approximate surface area is 164 Å². The molecule has 1 heterocycles. The summed E-state index contributed by atoms with van der Waals surface area (Å²) in [5.41, 5.74) is 3.02. The molecule has 142 valence electrons. The highest BCUT2D eigenvalue weighted by Crippen LogP contribution is 2.30. The summed E-state index contributed by atoms with van der Waals surface area (Å²) >= 11 is 5.97. The Hall–Kier alpha value is -2.53. The molecule has 0 spiro atoms. The van der Waals surface area contributed by atoms with Crippen LogP contribution in [0.3, 0.4) is 0 Å². The minimum absolute atomic E-state index is 0.132. The van der Waals surface area contributed by atoms with Gasteiger partial charge >= 0.3 is 0 Å². The van der Waals surface area contributed by atoms with Crippen LogP contribution < -0.4 is 4.74 Å². The number of hydrogen-bond acceptors (Lipinski definition) is 4. The Morgan fingerprint density at radius 1 is 1.26 bits per heavy atom. The molecule has 1 amide bonds. The molecule has 5 nitrogen and oxygen atoms in total. The maximum Gasteiger partial charge on any atom is 0.247 e. The molecule has 1 unspecified atom stereocenters. The molecule has 0 aromatic heterocycles. The molecule has 1 aliphatic rings. The van der Waals surface area contributed by atoms with Crippen LogP contribution in [-0.2, 0) is 9.53 Å². The van der Waals surface area contributed by atoms with Gasteiger partial charge in [0.05, 0.1) is 0 Å². The van der Waals surface area contributed by atoms with Gasteiger partial charge in [-0.25, -0.2) is 0 Å². The SMILES string of the molecule is CC(=O)N1N=C(COc2ccc(Cl)cc2C)OC1c1ccc(C(C)C)cc1. The van der Waals surface area contributed by atoms with Gasteiger partial charge < -0.3 is 9.47 Å². The van der Waals surface area contributed by atoms with Crippen LogP contribution in [0.1, 0.15) is 49.6 Å². The summed E-state index contributed by atoms with van der Waals surface area (Å²) in [5, 5.41) is 6.29. The third-order valence-corrected chi connectivity index (χ3v) is 4.62. The second-order valence-electron chi connectivity index (χ2n) is 6.85. The maximum atomic E-state index is 12.0. The third kappa shape index (κ3) is 4.42. The van der Waals surface area contributed by atoms with Crippen molar-refractivity contribution in [3.05, 3.63) is 64.2 Å². The molecule has 0 N–H and O–H groups in total. The highest BCUT2D eigenvalue weighted by molar-refractivity contribution is 6.30. The van der Waals surface area contributed by atoms with Crippen molar-refractivity contribution in [2.75, 3.05) is 6.61 Å². The highest BCUT2D eigenvalue weighted by atomic mass is 35.5. The van der Waals surface area contributed by atoms with Crippen molar-refractivity contribution < 1.29 is 14.3 Å². The van der Waals surface area contributed by atoms with E-state index >= 15 is 0 Å². The van der Waals surface area contributed by atoms with Gasteiger partial charge in [-0.05, 0) is 42.2 Å². The quantitative estimate of drug-likeness (QED) is 0.723. The smallest absolute Gasteiger partial charge is 0.247 e. The monoisotopic (exact) mass is 386 g/mol. The summed E-state index contributed by atoms with van der Waals surface area (Å²) in [4.78, 5) is 12.0. The largest absolute Gasteiger partial charge is 0.484 e. The Morgan fingerprint density at radius 2 is 1.96 bits per heavy atom. The second-order valence-corrected chi connectivity index (χ2v) is 7.28. The summed E-state index contributed by atoms with van der Waals surface area (Å²) in [6.45, 7) is 7.79. The number of nitrogens with zero attached hydrogens (tertiary/aromatic N) is 2. The number of hydrogen-bond donors (Lipinski definition) is 0. The average molecular weight is 387 g/mol. The zero-order chi connectivity index (χ0) is 19.6. The first-order chi connectivity index (χ1) is 12.8. The first-order valence-electron chi connectivity index (χ1n) is 8.88. The zero-order valence-electron chi connectivity index (χ0n) is 15.9. The summed E-state index contributed by atoms with van der Waals surface area (Å²) in [6.07, 6.45) is -0.575. The maximum absolute atomic E-state index is 12.0. The molecular weight excluding hydrogens is 364 g/mol. The molecule has 0 aliphatic carbocycles. The van der Waals surface area contributed by atoms with E-state index in [4.69, 9.17) is 21.1 Å². The van der Waals surface area contributed by atoms with Crippen LogP contribution >= 0.6 is 11.6 Å². The minimum Gasteiger partial charge on any atom is -0.484 e. The molecule has 1 aliphatic heterocycles. The number of carbonyl (C=O) groups excluding carboxylic acids is 1. The zero-order valence-corrected chi connectivity index (χ0v) is 16.7. The van der Waals surface area contributed by atoms with Gasteiger partial charge in [0, 0.05) is 17.5 Å². The van der Waals surface area contributed by atoms with E-state index in [-0.39, 0.29) is 12.5 Å². The van der Waals surface area contributed by atoms with Crippen LogP contribution in [0.2, 0.25) is 5.02 Å². The standard InChI is InChI=1S/C21H23ClN2O3/c1-13(2)16-5-7-17(8-6-16)21-24(15(4)25)23-20(27-21)12-26-19-10-9-18(22)11-14(19)3/h5-11,13,21H,12H2,1-4H3. The Kier molecular flexibility index (Phi) is 5.71. The van der Waals surface area contributed by atoms with Crippen molar-refractivity contribution in [1.29, 1.82) is 0 Å². The number of hydrazone groups is 1. The predicted octanol–water partition coefficient (Wildman–Crippen LogP) is 5.04. The molecule has 27 heavy (non-hydrogen) atoms. The van der Waals surface area contributed by atoms with Crippen molar-refractivity contribution in [2.24, 2.45) is 5.10 Å². The molecule has 0 fully saturated rings. The number of ether oxygens (including phenoxy) is 2. The van der Waals surface area contributed by atoms with Crippen molar-refractivity contribution in [2.45, 2.75) is 39.8 Å². The molecule has 0 saturated carbocycles. The van der Waals surface area contributed by atoms with Crippen molar-refractivity contribution in [3.63, 3.8) is 0 Å². The highest BCUT2D eigenvalue weighted by Gasteiger charge is 2.32. The van der Waals surface area contributed by atoms with Gasteiger partial charge in [-0.15, -0.1) is 5.10 Å². The molecule has 0 radical (unpaired) electrons. The average Bonchev–Trinajstić information content (AvgIpc) is 3.05. The van der Waals surface area contributed by atoms with E-state index in [1.165, 1.54) is 17.5 Å². The Morgan fingerprint density at radius 3 is 2.56 bits per heavy atom. The lowest BCUT2D eigenvalue weighted by Gasteiger charge is -2.20. The van der Waals surface area contributed by atoms with Gasteiger partial charge in [-0.1, -0.05) is 49.7 Å².